The molecule has 0 radical (unpaired) electrons. The number of benzene rings is 6. The van der Waals surface area contributed by atoms with Crippen LogP contribution < -0.4 is 0 Å². The lowest BCUT2D eigenvalue weighted by Crippen LogP contribution is -2.00. The molecule has 5 nitrogen and oxygen atoms in total. The second kappa shape index (κ2) is 13.7. The van der Waals surface area contributed by atoms with E-state index in [0.717, 1.165) is 61.5 Å². The minimum absolute atomic E-state index is 0.639. The molecule has 6 aromatic carbocycles. The van der Waals surface area contributed by atoms with Crippen LogP contribution in [0.25, 0.3) is 89.7 Å². The molecular formula is C47H31N5. The van der Waals surface area contributed by atoms with Gasteiger partial charge in [0.25, 0.3) is 0 Å². The van der Waals surface area contributed by atoms with Crippen molar-refractivity contribution in [2.75, 3.05) is 0 Å². The van der Waals surface area contributed by atoms with Crippen LogP contribution in [0.5, 0.6) is 0 Å². The van der Waals surface area contributed by atoms with Crippen LogP contribution in [0.15, 0.2) is 188 Å². The number of aromatic nitrogens is 5. The maximum atomic E-state index is 4.90. The Kier molecular flexibility index (Phi) is 8.12. The van der Waals surface area contributed by atoms with Gasteiger partial charge in [-0.3, -0.25) is 9.97 Å². The minimum Gasteiger partial charge on any atom is -0.256 e. The minimum atomic E-state index is 0.639. The molecule has 0 atom stereocenters. The van der Waals surface area contributed by atoms with Crippen molar-refractivity contribution in [1.29, 1.82) is 0 Å². The fourth-order valence-corrected chi connectivity index (χ4v) is 6.51. The van der Waals surface area contributed by atoms with Gasteiger partial charge in [0.1, 0.15) is 0 Å². The molecule has 0 aliphatic rings. The van der Waals surface area contributed by atoms with E-state index in [1.807, 2.05) is 109 Å². The number of nitrogens with zero attached hydrogens (tertiary/aromatic N) is 5. The van der Waals surface area contributed by atoms with Crippen molar-refractivity contribution < 1.29 is 0 Å². The van der Waals surface area contributed by atoms with Gasteiger partial charge in [-0.05, 0) is 87.6 Å². The Morgan fingerprint density at radius 3 is 1.13 bits per heavy atom. The summed E-state index contributed by atoms with van der Waals surface area (Å²) >= 11 is 0. The summed E-state index contributed by atoms with van der Waals surface area (Å²) in [6, 6.07) is 60.5. The number of fused-ring (bicyclic) bond motifs is 1. The fourth-order valence-electron chi connectivity index (χ4n) is 6.51. The van der Waals surface area contributed by atoms with E-state index in [9.17, 15) is 0 Å². The average molecular weight is 666 g/mol. The summed E-state index contributed by atoms with van der Waals surface area (Å²) in [5, 5.41) is 2.35. The molecule has 3 aromatic heterocycles. The molecular weight excluding hydrogens is 635 g/mol. The lowest BCUT2D eigenvalue weighted by Gasteiger charge is -2.12. The van der Waals surface area contributed by atoms with Crippen LogP contribution in [-0.2, 0) is 0 Å². The first-order valence-corrected chi connectivity index (χ1v) is 17.2. The van der Waals surface area contributed by atoms with Gasteiger partial charge in [0.05, 0.1) is 11.4 Å². The standard InChI is InChI=1S/C47H31N5/c1-3-11-34(12-4-1)45-50-46(35-13-5-2-6-14-35)52-47(51-45)36-21-17-32(18-22-36)37-23-19-33-20-24-38(28-39(33)27-37)40-29-41(43-15-7-9-25-48-43)31-42(30-40)44-16-8-10-26-49-44/h1-31H. The predicted molar refractivity (Wildman–Crippen MR) is 211 cm³/mol. The van der Waals surface area contributed by atoms with Gasteiger partial charge in [-0.25, -0.2) is 15.0 Å². The van der Waals surface area contributed by atoms with E-state index in [1.54, 1.807) is 0 Å². The van der Waals surface area contributed by atoms with Gasteiger partial charge in [-0.2, -0.15) is 0 Å². The number of hydrogen-bond donors (Lipinski definition) is 0. The van der Waals surface area contributed by atoms with Crippen molar-refractivity contribution in [3.63, 3.8) is 0 Å². The lowest BCUT2D eigenvalue weighted by molar-refractivity contribution is 1.07. The molecule has 0 fully saturated rings. The van der Waals surface area contributed by atoms with Gasteiger partial charge < -0.3 is 0 Å². The highest BCUT2D eigenvalue weighted by atomic mass is 15.0. The Morgan fingerprint density at radius 1 is 0.250 bits per heavy atom. The Hall–Kier alpha value is -7.11. The highest BCUT2D eigenvalue weighted by Gasteiger charge is 2.13. The van der Waals surface area contributed by atoms with E-state index in [4.69, 9.17) is 15.0 Å². The Morgan fingerprint density at radius 2 is 0.654 bits per heavy atom. The highest BCUT2D eigenvalue weighted by Crippen LogP contribution is 2.34. The smallest absolute Gasteiger partial charge is 0.164 e. The first-order chi connectivity index (χ1) is 25.7. The molecule has 52 heavy (non-hydrogen) atoms. The fraction of sp³-hybridized carbons (Fsp3) is 0. The molecule has 244 valence electrons. The molecule has 3 heterocycles. The largest absolute Gasteiger partial charge is 0.256 e. The average Bonchev–Trinajstić information content (AvgIpc) is 3.24. The van der Waals surface area contributed by atoms with E-state index in [0.29, 0.717) is 17.5 Å². The summed E-state index contributed by atoms with van der Waals surface area (Å²) in [6.45, 7) is 0. The monoisotopic (exact) mass is 665 g/mol. The third-order valence-corrected chi connectivity index (χ3v) is 9.20. The maximum absolute atomic E-state index is 4.90. The topological polar surface area (TPSA) is 64.5 Å². The normalized spacial score (nSPS) is 11.1. The van der Waals surface area contributed by atoms with Crippen LogP contribution in [0.2, 0.25) is 0 Å². The van der Waals surface area contributed by atoms with E-state index >= 15 is 0 Å². The molecule has 0 aliphatic heterocycles. The Bertz CT molecular complexity index is 2530. The van der Waals surface area contributed by atoms with E-state index in [2.05, 4.69) is 88.8 Å². The summed E-state index contributed by atoms with van der Waals surface area (Å²) in [4.78, 5) is 23.9. The van der Waals surface area contributed by atoms with Crippen LogP contribution in [-0.4, -0.2) is 24.9 Å². The predicted octanol–water partition coefficient (Wildman–Crippen LogP) is 11.5. The zero-order chi connectivity index (χ0) is 34.7. The van der Waals surface area contributed by atoms with Gasteiger partial charge in [0.2, 0.25) is 0 Å². The van der Waals surface area contributed by atoms with Gasteiger partial charge in [0.15, 0.2) is 17.5 Å². The van der Waals surface area contributed by atoms with Crippen molar-refractivity contribution in [3.05, 3.63) is 188 Å². The zero-order valence-electron chi connectivity index (χ0n) is 28.1. The molecule has 0 amide bonds. The summed E-state index contributed by atoms with van der Waals surface area (Å²) in [7, 11) is 0. The maximum Gasteiger partial charge on any atom is 0.164 e. The molecule has 0 spiro atoms. The van der Waals surface area contributed by atoms with E-state index < -0.39 is 0 Å². The van der Waals surface area contributed by atoms with Crippen molar-refractivity contribution >= 4 is 10.8 Å². The molecule has 0 unspecified atom stereocenters. The first kappa shape index (κ1) is 30.9. The molecule has 0 aliphatic carbocycles. The van der Waals surface area contributed by atoms with Gasteiger partial charge >= 0.3 is 0 Å². The van der Waals surface area contributed by atoms with Crippen LogP contribution in [0.3, 0.4) is 0 Å². The number of rotatable bonds is 7. The molecule has 0 N–H and O–H groups in total. The molecule has 0 saturated heterocycles. The van der Waals surface area contributed by atoms with Crippen LogP contribution >= 0.6 is 0 Å². The SMILES string of the molecule is c1ccc(-c2nc(-c3ccccc3)nc(-c3ccc(-c4ccc5ccc(-c6cc(-c7ccccn7)cc(-c7ccccn7)c6)cc5c4)cc3)n2)cc1. The number of hydrogen-bond acceptors (Lipinski definition) is 5. The third kappa shape index (κ3) is 6.35. The van der Waals surface area contributed by atoms with E-state index in [-0.39, 0.29) is 0 Å². The third-order valence-electron chi connectivity index (χ3n) is 9.20. The van der Waals surface area contributed by atoms with Crippen LogP contribution in [0, 0.1) is 0 Å². The highest BCUT2D eigenvalue weighted by molar-refractivity contribution is 5.92. The Labute approximate surface area is 302 Å². The van der Waals surface area contributed by atoms with Crippen molar-refractivity contribution in [2.24, 2.45) is 0 Å². The van der Waals surface area contributed by atoms with Gasteiger partial charge in [-0.15, -0.1) is 0 Å². The summed E-state index contributed by atoms with van der Waals surface area (Å²) in [5.74, 6) is 1.94. The molecule has 0 bridgehead atoms. The molecule has 0 saturated carbocycles. The van der Waals surface area contributed by atoms with Crippen LogP contribution in [0.4, 0.5) is 0 Å². The zero-order valence-corrected chi connectivity index (χ0v) is 28.1. The number of pyridine rings is 2. The van der Waals surface area contributed by atoms with Gasteiger partial charge in [-0.1, -0.05) is 121 Å². The lowest BCUT2D eigenvalue weighted by atomic mass is 9.94. The quantitative estimate of drug-likeness (QED) is 0.169. The molecule has 9 aromatic rings. The van der Waals surface area contributed by atoms with E-state index in [1.165, 1.54) is 10.8 Å². The first-order valence-electron chi connectivity index (χ1n) is 17.2. The van der Waals surface area contributed by atoms with Gasteiger partial charge in [0, 0.05) is 40.2 Å². The van der Waals surface area contributed by atoms with Crippen molar-refractivity contribution in [2.45, 2.75) is 0 Å². The molecule has 9 rings (SSSR count). The second-order valence-electron chi connectivity index (χ2n) is 12.6. The summed E-state index contributed by atoms with van der Waals surface area (Å²) < 4.78 is 0. The Balaban J connectivity index is 1.07. The summed E-state index contributed by atoms with van der Waals surface area (Å²) in [6.07, 6.45) is 3.67. The van der Waals surface area contributed by atoms with Crippen molar-refractivity contribution in [3.8, 4) is 78.9 Å². The second-order valence-corrected chi connectivity index (χ2v) is 12.6. The molecule has 5 heteroatoms. The summed E-state index contributed by atoms with van der Waals surface area (Å²) in [5.41, 5.74) is 11.3. The van der Waals surface area contributed by atoms with Crippen molar-refractivity contribution in [1.82, 2.24) is 24.9 Å². The van der Waals surface area contributed by atoms with Crippen LogP contribution in [0.1, 0.15) is 0 Å².